The van der Waals surface area contributed by atoms with E-state index in [1.165, 1.54) is 0 Å². The molecule has 2 N–H and O–H groups in total. The first-order valence-corrected chi connectivity index (χ1v) is 7.24. The summed E-state index contributed by atoms with van der Waals surface area (Å²) >= 11 is 5.93. The van der Waals surface area contributed by atoms with E-state index in [1.807, 2.05) is 29.2 Å². The van der Waals surface area contributed by atoms with Crippen LogP contribution in [0.25, 0.3) is 0 Å². The van der Waals surface area contributed by atoms with E-state index >= 15 is 0 Å². The summed E-state index contributed by atoms with van der Waals surface area (Å²) in [7, 11) is 0. The minimum atomic E-state index is -0.0338. The van der Waals surface area contributed by atoms with Crippen LogP contribution in [-0.2, 0) is 4.79 Å². The summed E-state index contributed by atoms with van der Waals surface area (Å²) in [6.45, 7) is 4.18. The molecule has 0 spiro atoms. The Kier molecular flexibility index (Phi) is 4.48. The summed E-state index contributed by atoms with van der Waals surface area (Å²) in [4.78, 5) is 14.2. The van der Waals surface area contributed by atoms with E-state index < -0.39 is 0 Å². The first-order valence-electron chi connectivity index (χ1n) is 6.86. The smallest absolute Gasteiger partial charge is 0.223 e. The van der Waals surface area contributed by atoms with Crippen LogP contribution < -0.4 is 5.73 Å². The fraction of sp³-hybridized carbons (Fsp3) is 0.533. The fourth-order valence-corrected chi connectivity index (χ4v) is 2.85. The number of hydrogen-bond acceptors (Lipinski definition) is 2. The Labute approximate surface area is 119 Å². The van der Waals surface area contributed by atoms with Gasteiger partial charge < -0.3 is 10.6 Å². The molecule has 1 heterocycles. The van der Waals surface area contributed by atoms with Crippen molar-refractivity contribution < 1.29 is 4.79 Å². The van der Waals surface area contributed by atoms with E-state index in [9.17, 15) is 4.79 Å². The maximum Gasteiger partial charge on any atom is 0.223 e. The van der Waals surface area contributed by atoms with Gasteiger partial charge in [-0.25, -0.2) is 0 Å². The molecule has 0 aliphatic carbocycles. The first-order chi connectivity index (χ1) is 9.04. The van der Waals surface area contributed by atoms with Gasteiger partial charge in [0.25, 0.3) is 0 Å². The monoisotopic (exact) mass is 280 g/mol. The topological polar surface area (TPSA) is 46.3 Å². The van der Waals surface area contributed by atoms with E-state index in [2.05, 4.69) is 13.8 Å². The quantitative estimate of drug-likeness (QED) is 0.925. The molecule has 19 heavy (non-hydrogen) atoms. The lowest BCUT2D eigenvalue weighted by Gasteiger charge is -2.43. The highest BCUT2D eigenvalue weighted by Crippen LogP contribution is 2.33. The first kappa shape index (κ1) is 14.4. The Morgan fingerprint density at radius 2 is 2.05 bits per heavy atom. The minimum absolute atomic E-state index is 0.00660. The Morgan fingerprint density at radius 1 is 1.42 bits per heavy atom. The lowest BCUT2D eigenvalue weighted by Crippen LogP contribution is -2.52. The van der Waals surface area contributed by atoms with Crippen molar-refractivity contribution in [3.05, 3.63) is 34.9 Å². The van der Waals surface area contributed by atoms with Crippen LogP contribution in [0.4, 0.5) is 0 Å². The van der Waals surface area contributed by atoms with Crippen molar-refractivity contribution >= 4 is 17.5 Å². The fourth-order valence-electron chi connectivity index (χ4n) is 2.72. The zero-order valence-electron chi connectivity index (χ0n) is 11.5. The molecule has 3 atom stereocenters. The van der Waals surface area contributed by atoms with Crippen LogP contribution in [0.5, 0.6) is 0 Å². The highest BCUT2D eigenvalue weighted by Gasteiger charge is 2.36. The van der Waals surface area contributed by atoms with Crippen LogP contribution in [-0.4, -0.2) is 22.9 Å². The molecule has 0 aromatic heterocycles. The van der Waals surface area contributed by atoms with Gasteiger partial charge in [-0.05, 0) is 37.5 Å². The molecule has 2 rings (SSSR count). The summed E-state index contributed by atoms with van der Waals surface area (Å²) in [6, 6.07) is 7.83. The Balaban J connectivity index is 2.36. The van der Waals surface area contributed by atoms with Crippen LogP contribution in [0.15, 0.2) is 24.3 Å². The minimum Gasteiger partial charge on any atom is -0.331 e. The van der Waals surface area contributed by atoms with Crippen molar-refractivity contribution in [2.45, 2.75) is 51.2 Å². The second kappa shape index (κ2) is 5.93. The van der Waals surface area contributed by atoms with E-state index in [0.29, 0.717) is 11.4 Å². The Bertz CT molecular complexity index is 446. The van der Waals surface area contributed by atoms with Gasteiger partial charge in [-0.3, -0.25) is 4.79 Å². The number of rotatable bonds is 3. The standard InChI is InChI=1S/C15H21ClN2O/c1-3-10(2)18-14(19)9-8-13(17)15(18)11-4-6-12(16)7-5-11/h4-7,10,13,15H,3,8-9,17H2,1-2H3. The molecule has 1 aromatic carbocycles. The largest absolute Gasteiger partial charge is 0.331 e. The van der Waals surface area contributed by atoms with Crippen LogP contribution >= 0.6 is 11.6 Å². The molecule has 4 heteroatoms. The van der Waals surface area contributed by atoms with E-state index in [4.69, 9.17) is 17.3 Å². The van der Waals surface area contributed by atoms with Gasteiger partial charge in [0.05, 0.1) is 6.04 Å². The number of piperidine rings is 1. The van der Waals surface area contributed by atoms with Crippen molar-refractivity contribution in [3.8, 4) is 0 Å². The molecule has 104 valence electrons. The van der Waals surface area contributed by atoms with Crippen molar-refractivity contribution in [2.24, 2.45) is 5.73 Å². The molecule has 1 fully saturated rings. The van der Waals surface area contributed by atoms with Crippen molar-refractivity contribution in [1.82, 2.24) is 4.90 Å². The number of amides is 1. The molecule has 3 nitrogen and oxygen atoms in total. The van der Waals surface area contributed by atoms with Gasteiger partial charge >= 0.3 is 0 Å². The van der Waals surface area contributed by atoms with Gasteiger partial charge in [0, 0.05) is 23.5 Å². The van der Waals surface area contributed by atoms with Crippen LogP contribution in [0.3, 0.4) is 0 Å². The van der Waals surface area contributed by atoms with Crippen molar-refractivity contribution in [3.63, 3.8) is 0 Å². The second-order valence-corrected chi connectivity index (χ2v) is 5.69. The predicted octanol–water partition coefficient (Wildman–Crippen LogP) is 3.13. The number of carbonyl (C=O) groups excluding carboxylic acids is 1. The van der Waals surface area contributed by atoms with Gasteiger partial charge in [-0.2, -0.15) is 0 Å². The summed E-state index contributed by atoms with van der Waals surface area (Å²) in [6.07, 6.45) is 2.23. The lowest BCUT2D eigenvalue weighted by atomic mass is 9.89. The zero-order valence-corrected chi connectivity index (χ0v) is 12.2. The van der Waals surface area contributed by atoms with Crippen molar-refractivity contribution in [1.29, 1.82) is 0 Å². The molecule has 1 aromatic rings. The Hall–Kier alpha value is -1.06. The molecular formula is C15H21ClN2O. The zero-order chi connectivity index (χ0) is 14.0. The number of benzene rings is 1. The lowest BCUT2D eigenvalue weighted by molar-refractivity contribution is -0.140. The molecular weight excluding hydrogens is 260 g/mol. The average Bonchev–Trinajstić information content (AvgIpc) is 2.41. The average molecular weight is 281 g/mol. The van der Waals surface area contributed by atoms with Crippen LogP contribution in [0.1, 0.15) is 44.7 Å². The summed E-state index contributed by atoms with van der Waals surface area (Å²) in [5.41, 5.74) is 7.34. The third-order valence-corrected chi connectivity index (χ3v) is 4.21. The summed E-state index contributed by atoms with van der Waals surface area (Å²) < 4.78 is 0. The molecule has 0 saturated carbocycles. The van der Waals surface area contributed by atoms with Gasteiger partial charge in [0.1, 0.15) is 0 Å². The SMILES string of the molecule is CCC(C)N1C(=O)CCC(N)C1c1ccc(Cl)cc1. The summed E-state index contributed by atoms with van der Waals surface area (Å²) in [5, 5.41) is 0.703. The maximum absolute atomic E-state index is 12.2. The Morgan fingerprint density at radius 3 is 2.63 bits per heavy atom. The van der Waals surface area contributed by atoms with Gasteiger partial charge in [0.15, 0.2) is 0 Å². The number of carbonyl (C=O) groups is 1. The maximum atomic E-state index is 12.2. The van der Waals surface area contributed by atoms with Crippen LogP contribution in [0, 0.1) is 0 Å². The van der Waals surface area contributed by atoms with E-state index in [-0.39, 0.29) is 24.0 Å². The van der Waals surface area contributed by atoms with Gasteiger partial charge in [-0.1, -0.05) is 30.7 Å². The van der Waals surface area contributed by atoms with Crippen molar-refractivity contribution in [2.75, 3.05) is 0 Å². The second-order valence-electron chi connectivity index (χ2n) is 5.26. The molecule has 1 amide bonds. The number of nitrogens with zero attached hydrogens (tertiary/aromatic N) is 1. The number of nitrogens with two attached hydrogens (primary N) is 1. The van der Waals surface area contributed by atoms with E-state index in [0.717, 1.165) is 18.4 Å². The molecule has 1 saturated heterocycles. The molecule has 0 radical (unpaired) electrons. The third-order valence-electron chi connectivity index (χ3n) is 3.96. The van der Waals surface area contributed by atoms with Gasteiger partial charge in [0.2, 0.25) is 5.91 Å². The molecule has 3 unspecified atom stereocenters. The number of halogens is 1. The van der Waals surface area contributed by atoms with Crippen LogP contribution in [0.2, 0.25) is 5.02 Å². The molecule has 0 bridgehead atoms. The highest BCUT2D eigenvalue weighted by atomic mass is 35.5. The molecule has 1 aliphatic heterocycles. The summed E-state index contributed by atoms with van der Waals surface area (Å²) in [5.74, 6) is 0.205. The number of hydrogen-bond donors (Lipinski definition) is 1. The number of likely N-dealkylation sites (tertiary alicyclic amines) is 1. The predicted molar refractivity (Wildman–Crippen MR) is 78.0 cm³/mol. The van der Waals surface area contributed by atoms with Gasteiger partial charge in [-0.15, -0.1) is 0 Å². The molecule has 1 aliphatic rings. The normalized spacial score (nSPS) is 25.5. The highest BCUT2D eigenvalue weighted by molar-refractivity contribution is 6.30. The third kappa shape index (κ3) is 2.93. The van der Waals surface area contributed by atoms with E-state index in [1.54, 1.807) is 0 Å².